The van der Waals surface area contributed by atoms with E-state index >= 15 is 0 Å². The maximum Gasteiger partial charge on any atom is 0.202 e. The molecule has 0 aromatic heterocycles. The molecule has 108 valence electrons. The third-order valence-electron chi connectivity index (χ3n) is 2.96. The van der Waals surface area contributed by atoms with Gasteiger partial charge in [-0.15, -0.1) is 0 Å². The average Bonchev–Trinajstić information content (AvgIpc) is 2.40. The molecule has 2 rings (SSSR count). The molecule has 0 unspecified atom stereocenters. The normalized spacial score (nSPS) is 10.4. The van der Waals surface area contributed by atoms with Crippen molar-refractivity contribution < 1.29 is 9.59 Å². The van der Waals surface area contributed by atoms with Crippen molar-refractivity contribution in [3.05, 3.63) is 68.1 Å². The van der Waals surface area contributed by atoms with Gasteiger partial charge in [0.2, 0.25) is 4.69 Å². The van der Waals surface area contributed by atoms with E-state index in [1.807, 2.05) is 30.3 Å². The maximum absolute atomic E-state index is 12.4. The second-order valence-electron chi connectivity index (χ2n) is 4.54. The number of ketones is 1. The molecule has 2 aromatic carbocycles. The molecule has 0 bridgehead atoms. The number of carbonyl (C=O) groups is 2. The van der Waals surface area contributed by atoms with Crippen molar-refractivity contribution in [2.75, 3.05) is 0 Å². The van der Waals surface area contributed by atoms with Crippen LogP contribution in [0.4, 0.5) is 0 Å². The van der Waals surface area contributed by atoms with Gasteiger partial charge < -0.3 is 0 Å². The van der Waals surface area contributed by atoms with Crippen molar-refractivity contribution in [2.45, 2.75) is 12.8 Å². The van der Waals surface area contributed by atoms with E-state index in [9.17, 15) is 9.59 Å². The lowest BCUT2D eigenvalue weighted by Crippen LogP contribution is -2.06. The quantitative estimate of drug-likeness (QED) is 0.446. The van der Waals surface area contributed by atoms with Crippen LogP contribution in [0.15, 0.2) is 51.4 Å². The Morgan fingerprint density at radius 3 is 2.33 bits per heavy atom. The summed E-state index contributed by atoms with van der Waals surface area (Å²) in [5.74, 6) is 0.0175. The average molecular weight is 475 g/mol. The highest BCUT2D eigenvalue weighted by Gasteiger charge is 2.14. The largest absolute Gasteiger partial charge is 0.294 e. The summed E-state index contributed by atoms with van der Waals surface area (Å²) in [7, 11) is 0. The van der Waals surface area contributed by atoms with Crippen LogP contribution in [0.2, 0.25) is 0 Å². The van der Waals surface area contributed by atoms with Gasteiger partial charge in [0.25, 0.3) is 0 Å². The SMILES string of the molecule is O=C(Br)Cc1cccc(C(=O)Cc2cccc(Br)c2)c1Br. The molecule has 21 heavy (non-hydrogen) atoms. The molecule has 0 radical (unpaired) electrons. The summed E-state index contributed by atoms with van der Waals surface area (Å²) in [5, 5.41) is 0. The Balaban J connectivity index is 2.25. The van der Waals surface area contributed by atoms with Gasteiger partial charge in [0.15, 0.2) is 5.78 Å². The molecule has 2 aromatic rings. The Morgan fingerprint density at radius 1 is 0.952 bits per heavy atom. The van der Waals surface area contributed by atoms with E-state index in [-0.39, 0.29) is 16.9 Å². The maximum atomic E-state index is 12.4. The summed E-state index contributed by atoms with van der Waals surface area (Å²) in [4.78, 5) is 23.6. The van der Waals surface area contributed by atoms with Crippen molar-refractivity contribution in [1.29, 1.82) is 0 Å². The van der Waals surface area contributed by atoms with Gasteiger partial charge in [-0.2, -0.15) is 0 Å². The summed E-state index contributed by atoms with van der Waals surface area (Å²) in [6.45, 7) is 0. The van der Waals surface area contributed by atoms with E-state index < -0.39 is 0 Å². The summed E-state index contributed by atoms with van der Waals surface area (Å²) in [5.41, 5.74) is 2.35. The van der Waals surface area contributed by atoms with Crippen molar-refractivity contribution in [3.63, 3.8) is 0 Å². The third-order valence-corrected chi connectivity index (χ3v) is 4.67. The Kier molecular flexibility index (Phi) is 5.90. The molecule has 2 nitrogen and oxygen atoms in total. The molecule has 0 fully saturated rings. The molecule has 0 saturated carbocycles. The van der Waals surface area contributed by atoms with Crippen LogP contribution in [0.5, 0.6) is 0 Å². The fourth-order valence-corrected chi connectivity index (χ4v) is 3.38. The van der Waals surface area contributed by atoms with Crippen molar-refractivity contribution in [1.82, 2.24) is 0 Å². The second kappa shape index (κ2) is 7.47. The summed E-state index contributed by atoms with van der Waals surface area (Å²) in [6.07, 6.45) is 0.572. The van der Waals surface area contributed by atoms with E-state index in [1.54, 1.807) is 12.1 Å². The molecule has 0 aliphatic carbocycles. The minimum Gasteiger partial charge on any atom is -0.294 e. The predicted octanol–water partition coefficient (Wildman–Crippen LogP) is 5.10. The smallest absolute Gasteiger partial charge is 0.202 e. The summed E-state index contributed by atoms with van der Waals surface area (Å²) >= 11 is 9.75. The number of carbonyl (C=O) groups excluding carboxylic acids is 2. The zero-order valence-electron chi connectivity index (χ0n) is 10.9. The van der Waals surface area contributed by atoms with Crippen LogP contribution in [0.1, 0.15) is 21.5 Å². The van der Waals surface area contributed by atoms with E-state index in [0.717, 1.165) is 15.6 Å². The van der Waals surface area contributed by atoms with E-state index in [2.05, 4.69) is 47.8 Å². The molecule has 0 aliphatic heterocycles. The lowest BCUT2D eigenvalue weighted by atomic mass is 10.0. The zero-order valence-corrected chi connectivity index (χ0v) is 15.7. The van der Waals surface area contributed by atoms with Crippen molar-refractivity contribution in [3.8, 4) is 0 Å². The minimum atomic E-state index is -0.111. The first-order valence-electron chi connectivity index (χ1n) is 6.20. The molecule has 0 amide bonds. The number of rotatable bonds is 5. The number of hydrogen-bond acceptors (Lipinski definition) is 2. The van der Waals surface area contributed by atoms with Gasteiger partial charge in [-0.05, 0) is 55.1 Å². The van der Waals surface area contributed by atoms with E-state index in [1.165, 1.54) is 0 Å². The molecule has 0 saturated heterocycles. The monoisotopic (exact) mass is 472 g/mol. The van der Waals surface area contributed by atoms with Crippen molar-refractivity contribution >= 4 is 58.3 Å². The van der Waals surface area contributed by atoms with Crippen LogP contribution in [-0.4, -0.2) is 10.5 Å². The first-order valence-corrected chi connectivity index (χ1v) is 8.58. The van der Waals surface area contributed by atoms with Gasteiger partial charge in [-0.3, -0.25) is 9.59 Å². The number of hydrogen-bond donors (Lipinski definition) is 0. The number of Topliss-reactive ketones (excluding diaryl/α,β-unsaturated/α-hetero) is 1. The van der Waals surface area contributed by atoms with Crippen LogP contribution in [-0.2, 0) is 17.6 Å². The first-order chi connectivity index (χ1) is 9.97. The highest BCUT2D eigenvalue weighted by atomic mass is 79.9. The second-order valence-corrected chi connectivity index (χ2v) is 7.13. The molecule has 0 N–H and O–H groups in total. The Hall–Kier alpha value is -0.780. The van der Waals surface area contributed by atoms with E-state index in [4.69, 9.17) is 0 Å². The molecule has 0 aliphatic rings. The Morgan fingerprint density at radius 2 is 1.67 bits per heavy atom. The molecular weight excluding hydrogens is 464 g/mol. The summed E-state index contributed by atoms with van der Waals surface area (Å²) < 4.78 is 1.53. The topological polar surface area (TPSA) is 34.1 Å². The van der Waals surface area contributed by atoms with Crippen molar-refractivity contribution in [2.24, 2.45) is 0 Å². The fourth-order valence-electron chi connectivity index (χ4n) is 2.01. The molecule has 0 heterocycles. The minimum absolute atomic E-state index is 0.0175. The highest BCUT2D eigenvalue weighted by molar-refractivity contribution is 9.18. The number of halogens is 3. The predicted molar refractivity (Wildman–Crippen MR) is 94.0 cm³/mol. The molecule has 5 heteroatoms. The lowest BCUT2D eigenvalue weighted by Gasteiger charge is -2.08. The lowest BCUT2D eigenvalue weighted by molar-refractivity contribution is -0.109. The third kappa shape index (κ3) is 4.59. The van der Waals surface area contributed by atoms with Gasteiger partial charge in [-0.25, -0.2) is 0 Å². The van der Waals surface area contributed by atoms with Crippen LogP contribution in [0, 0.1) is 0 Å². The van der Waals surface area contributed by atoms with Gasteiger partial charge in [0.05, 0.1) is 0 Å². The van der Waals surface area contributed by atoms with E-state index in [0.29, 0.717) is 16.5 Å². The standard InChI is InChI=1S/C16H11Br3O2/c17-12-5-1-3-10(7-12)8-14(20)13-6-2-4-11(16(13)19)9-15(18)21/h1-7H,8-9H2. The number of benzene rings is 2. The van der Waals surface area contributed by atoms with Crippen LogP contribution < -0.4 is 0 Å². The molecule has 0 atom stereocenters. The van der Waals surface area contributed by atoms with Gasteiger partial charge in [0.1, 0.15) is 0 Å². The Labute approximate surface area is 148 Å². The van der Waals surface area contributed by atoms with Gasteiger partial charge in [0, 0.05) is 27.4 Å². The van der Waals surface area contributed by atoms with Crippen LogP contribution >= 0.6 is 47.8 Å². The summed E-state index contributed by atoms with van der Waals surface area (Å²) in [6, 6.07) is 13.1. The van der Waals surface area contributed by atoms with Gasteiger partial charge in [-0.1, -0.05) is 46.3 Å². The Bertz CT molecular complexity index is 696. The molecular formula is C16H11Br3O2. The fraction of sp³-hybridized carbons (Fsp3) is 0.125. The highest BCUT2D eigenvalue weighted by Crippen LogP contribution is 2.25. The zero-order chi connectivity index (χ0) is 15.4. The van der Waals surface area contributed by atoms with Gasteiger partial charge >= 0.3 is 0 Å². The van der Waals surface area contributed by atoms with Crippen LogP contribution in [0.25, 0.3) is 0 Å². The molecule has 0 spiro atoms. The first kappa shape index (κ1) is 16.6. The van der Waals surface area contributed by atoms with Crippen LogP contribution in [0.3, 0.4) is 0 Å².